The summed E-state index contributed by atoms with van der Waals surface area (Å²) in [6, 6.07) is 0.468. The monoisotopic (exact) mass is 248 g/mol. The summed E-state index contributed by atoms with van der Waals surface area (Å²) in [5.74, 6) is 0. The molecule has 0 rings (SSSR count). The second kappa shape index (κ2) is 8.72. The van der Waals surface area contributed by atoms with E-state index in [1.54, 1.807) is 0 Å². The van der Waals surface area contributed by atoms with Crippen LogP contribution >= 0.6 is 0 Å². The topological polar surface area (TPSA) is 55.8 Å². The Hall–Kier alpha value is -0.393. The van der Waals surface area contributed by atoms with Crippen molar-refractivity contribution in [3.8, 4) is 0 Å². The molecule has 0 aliphatic rings. The fourth-order valence-corrected chi connectivity index (χ4v) is 3.27. The predicted octanol–water partition coefficient (Wildman–Crippen LogP) is 3.34. The summed E-state index contributed by atoms with van der Waals surface area (Å²) < 4.78 is 11.1. The van der Waals surface area contributed by atoms with Crippen molar-refractivity contribution in [2.24, 2.45) is 0 Å². The highest BCUT2D eigenvalue weighted by Gasteiger charge is 2.45. The summed E-state index contributed by atoms with van der Waals surface area (Å²) in [5, 5.41) is 9.23. The average Bonchev–Trinajstić information content (AvgIpc) is 2.27. The molecule has 0 aromatic rings. The van der Waals surface area contributed by atoms with E-state index < -0.39 is 14.2 Å². The smallest absolute Gasteiger partial charge is 0.462 e. The van der Waals surface area contributed by atoms with Gasteiger partial charge in [-0.2, -0.15) is 0 Å². The molecule has 16 heavy (non-hydrogen) atoms. The number of unbranched alkanes of at least 4 members (excludes halogenated alkanes) is 2. The first kappa shape index (κ1) is 15.6. The van der Waals surface area contributed by atoms with Crippen LogP contribution in [0.2, 0.25) is 6.04 Å². The second-order valence-corrected chi connectivity index (χ2v) is 7.03. The van der Waals surface area contributed by atoms with E-state index in [-0.39, 0.29) is 0 Å². The molecule has 0 radical (unpaired) electrons. The van der Waals surface area contributed by atoms with Crippen molar-refractivity contribution < 1.29 is 18.8 Å². The van der Waals surface area contributed by atoms with Crippen LogP contribution in [0.25, 0.3) is 0 Å². The molecule has 0 saturated heterocycles. The van der Waals surface area contributed by atoms with Crippen LogP contribution in [0, 0.1) is 0 Å². The SMILES string of the molecule is CCCCO[Si](CC)(OCCCC)C(=O)O. The first-order valence-electron chi connectivity index (χ1n) is 6.14. The van der Waals surface area contributed by atoms with Gasteiger partial charge in [0, 0.05) is 13.2 Å². The zero-order valence-electron chi connectivity index (χ0n) is 10.6. The highest BCUT2D eigenvalue weighted by atomic mass is 28.4. The largest absolute Gasteiger partial charge is 0.481 e. The van der Waals surface area contributed by atoms with Crippen LogP contribution in [-0.4, -0.2) is 32.5 Å². The van der Waals surface area contributed by atoms with E-state index in [4.69, 9.17) is 8.85 Å². The highest BCUT2D eigenvalue weighted by molar-refractivity contribution is 6.95. The molecule has 96 valence electrons. The van der Waals surface area contributed by atoms with E-state index >= 15 is 0 Å². The van der Waals surface area contributed by atoms with Crippen molar-refractivity contribution in [1.29, 1.82) is 0 Å². The molecule has 4 nitrogen and oxygen atoms in total. The Morgan fingerprint density at radius 2 is 1.50 bits per heavy atom. The van der Waals surface area contributed by atoms with Crippen molar-refractivity contribution in [3.05, 3.63) is 0 Å². The zero-order valence-corrected chi connectivity index (χ0v) is 11.6. The normalized spacial score (nSPS) is 11.7. The van der Waals surface area contributed by atoms with Crippen LogP contribution in [0.15, 0.2) is 0 Å². The quantitative estimate of drug-likeness (QED) is 0.476. The van der Waals surface area contributed by atoms with Crippen molar-refractivity contribution >= 4 is 14.2 Å². The highest BCUT2D eigenvalue weighted by Crippen LogP contribution is 2.16. The minimum Gasteiger partial charge on any atom is -0.481 e. The minimum atomic E-state index is -3.00. The van der Waals surface area contributed by atoms with Crippen LogP contribution in [0.5, 0.6) is 0 Å². The molecule has 0 aliphatic heterocycles. The van der Waals surface area contributed by atoms with Gasteiger partial charge in [0.2, 0.25) is 0 Å². The van der Waals surface area contributed by atoms with E-state index in [1.807, 2.05) is 6.92 Å². The molecule has 0 amide bonds. The summed E-state index contributed by atoms with van der Waals surface area (Å²) in [6.07, 6.45) is 3.78. The molecule has 0 unspecified atom stereocenters. The number of rotatable bonds is 10. The Bertz CT molecular complexity index is 186. The third-order valence-electron chi connectivity index (χ3n) is 2.46. The number of carbonyl (C=O) groups is 1. The third-order valence-corrected chi connectivity index (χ3v) is 5.38. The van der Waals surface area contributed by atoms with Crippen LogP contribution < -0.4 is 0 Å². The number of carboxylic acid groups (broad SMARTS) is 1. The van der Waals surface area contributed by atoms with Gasteiger partial charge in [-0.3, -0.25) is 4.79 Å². The van der Waals surface area contributed by atoms with Crippen molar-refractivity contribution in [2.45, 2.75) is 52.5 Å². The molecule has 5 heteroatoms. The second-order valence-electron chi connectivity index (χ2n) is 3.82. The maximum Gasteiger partial charge on any atom is 0.462 e. The Kier molecular flexibility index (Phi) is 8.51. The number of hydrogen-bond donors (Lipinski definition) is 1. The fraction of sp³-hybridized carbons (Fsp3) is 0.909. The third kappa shape index (κ3) is 5.09. The molecule has 0 bridgehead atoms. The van der Waals surface area contributed by atoms with Gasteiger partial charge in [0.15, 0.2) is 0 Å². The molecular formula is C11H24O4Si. The lowest BCUT2D eigenvalue weighted by atomic mass is 10.4. The first-order chi connectivity index (χ1) is 7.63. The van der Waals surface area contributed by atoms with Gasteiger partial charge in [-0.25, -0.2) is 0 Å². The van der Waals surface area contributed by atoms with E-state index in [2.05, 4.69) is 13.8 Å². The van der Waals surface area contributed by atoms with Crippen LogP contribution in [0.1, 0.15) is 46.5 Å². The molecular weight excluding hydrogens is 224 g/mol. The first-order valence-corrected chi connectivity index (χ1v) is 8.16. The minimum absolute atomic E-state index is 0.468. The van der Waals surface area contributed by atoms with Gasteiger partial charge in [-0.05, 0) is 18.9 Å². The van der Waals surface area contributed by atoms with E-state index in [1.165, 1.54) is 0 Å². The Balaban J connectivity index is 4.27. The van der Waals surface area contributed by atoms with E-state index in [9.17, 15) is 9.90 Å². The van der Waals surface area contributed by atoms with E-state index in [0.717, 1.165) is 25.7 Å². The Morgan fingerprint density at radius 3 is 1.75 bits per heavy atom. The Labute approximate surface area is 99.2 Å². The van der Waals surface area contributed by atoms with Gasteiger partial charge >= 0.3 is 14.2 Å². The Morgan fingerprint density at radius 1 is 1.06 bits per heavy atom. The summed E-state index contributed by atoms with van der Waals surface area (Å²) in [6.45, 7) is 6.93. The molecule has 0 spiro atoms. The van der Waals surface area contributed by atoms with Crippen LogP contribution in [-0.2, 0) is 8.85 Å². The molecule has 0 aromatic heterocycles. The molecule has 0 saturated carbocycles. The van der Waals surface area contributed by atoms with Crippen LogP contribution in [0.3, 0.4) is 0 Å². The van der Waals surface area contributed by atoms with Crippen molar-refractivity contribution in [2.75, 3.05) is 13.2 Å². The lowest BCUT2D eigenvalue weighted by molar-refractivity contribution is 0.146. The summed E-state index contributed by atoms with van der Waals surface area (Å²) >= 11 is 0. The molecule has 1 N–H and O–H groups in total. The lowest BCUT2D eigenvalue weighted by Crippen LogP contribution is -2.50. The average molecular weight is 248 g/mol. The van der Waals surface area contributed by atoms with Gasteiger partial charge in [-0.1, -0.05) is 33.6 Å². The molecule has 0 heterocycles. The van der Waals surface area contributed by atoms with Crippen molar-refractivity contribution in [3.63, 3.8) is 0 Å². The molecule has 0 atom stereocenters. The maximum absolute atomic E-state index is 11.3. The summed E-state index contributed by atoms with van der Waals surface area (Å²) in [5.41, 5.74) is -0.887. The van der Waals surface area contributed by atoms with Gasteiger partial charge in [-0.15, -0.1) is 0 Å². The van der Waals surface area contributed by atoms with Gasteiger partial charge in [0.25, 0.3) is 0 Å². The maximum atomic E-state index is 11.3. The summed E-state index contributed by atoms with van der Waals surface area (Å²) in [7, 11) is -3.00. The molecule has 0 aromatic carbocycles. The molecule has 0 fully saturated rings. The molecule has 0 aliphatic carbocycles. The zero-order chi connectivity index (χ0) is 12.4. The summed E-state index contributed by atoms with van der Waals surface area (Å²) in [4.78, 5) is 11.3. The predicted molar refractivity (Wildman–Crippen MR) is 66.0 cm³/mol. The van der Waals surface area contributed by atoms with E-state index in [0.29, 0.717) is 19.3 Å². The fourth-order valence-electron chi connectivity index (χ4n) is 1.28. The van der Waals surface area contributed by atoms with Gasteiger partial charge in [0.05, 0.1) is 0 Å². The van der Waals surface area contributed by atoms with Crippen LogP contribution in [0.4, 0.5) is 4.79 Å². The van der Waals surface area contributed by atoms with Crippen molar-refractivity contribution in [1.82, 2.24) is 0 Å². The lowest BCUT2D eigenvalue weighted by Gasteiger charge is -2.25. The number of hydrogen-bond acceptors (Lipinski definition) is 3. The standard InChI is InChI=1S/C11H24O4Si/c1-4-7-9-14-16(6-3,11(12)13)15-10-8-5-2/h4-10H2,1-3H3,(H,12,13). The van der Waals surface area contributed by atoms with Gasteiger partial charge < -0.3 is 14.0 Å². The van der Waals surface area contributed by atoms with Gasteiger partial charge in [0.1, 0.15) is 0 Å².